The van der Waals surface area contributed by atoms with Crippen LogP contribution in [0.25, 0.3) is 0 Å². The van der Waals surface area contributed by atoms with Gasteiger partial charge in [0.05, 0.1) is 6.10 Å². The fourth-order valence-corrected chi connectivity index (χ4v) is 1.22. The van der Waals surface area contributed by atoms with E-state index in [1.165, 1.54) is 0 Å². The van der Waals surface area contributed by atoms with E-state index in [1.807, 2.05) is 0 Å². The van der Waals surface area contributed by atoms with Gasteiger partial charge in [-0.3, -0.25) is 4.98 Å². The predicted octanol–water partition coefficient (Wildman–Crippen LogP) is 2.34. The Morgan fingerprint density at radius 3 is 2.59 bits per heavy atom. The third kappa shape index (κ3) is 2.66. The molecule has 0 aromatic carbocycles. The SMILES string of the molecule is O=C(O)c1cnc(C(F)(F)F)cc1OC1CC1. The zero-order valence-electron chi connectivity index (χ0n) is 8.49. The average Bonchev–Trinajstić information content (AvgIpc) is 2.99. The summed E-state index contributed by atoms with van der Waals surface area (Å²) >= 11 is 0. The Kier molecular flexibility index (Phi) is 2.68. The zero-order valence-corrected chi connectivity index (χ0v) is 8.49. The minimum absolute atomic E-state index is 0.184. The summed E-state index contributed by atoms with van der Waals surface area (Å²) in [5, 5.41) is 8.79. The number of hydrogen-bond donors (Lipinski definition) is 1. The number of nitrogens with zero attached hydrogens (tertiary/aromatic N) is 1. The summed E-state index contributed by atoms with van der Waals surface area (Å²) in [7, 11) is 0. The second-order valence-corrected chi connectivity index (χ2v) is 3.69. The smallest absolute Gasteiger partial charge is 0.433 e. The van der Waals surface area contributed by atoms with Gasteiger partial charge in [0.2, 0.25) is 0 Å². The summed E-state index contributed by atoms with van der Waals surface area (Å²) in [6.45, 7) is 0. The van der Waals surface area contributed by atoms with E-state index in [9.17, 15) is 18.0 Å². The van der Waals surface area contributed by atoms with Gasteiger partial charge in [-0.25, -0.2) is 4.79 Å². The standard InChI is InChI=1S/C10H8F3NO3/c11-10(12,13)8-3-7(17-5-1-2-5)6(4-14-8)9(15)16/h3-5H,1-2H2,(H,15,16). The van der Waals surface area contributed by atoms with E-state index in [-0.39, 0.29) is 17.4 Å². The molecule has 17 heavy (non-hydrogen) atoms. The van der Waals surface area contributed by atoms with Crippen LogP contribution >= 0.6 is 0 Å². The van der Waals surface area contributed by atoms with Crippen molar-refractivity contribution in [1.82, 2.24) is 4.98 Å². The lowest BCUT2D eigenvalue weighted by Crippen LogP contribution is -2.12. The van der Waals surface area contributed by atoms with Gasteiger partial charge >= 0.3 is 12.1 Å². The van der Waals surface area contributed by atoms with E-state index in [1.54, 1.807) is 0 Å². The topological polar surface area (TPSA) is 59.4 Å². The molecule has 1 N–H and O–H groups in total. The van der Waals surface area contributed by atoms with E-state index < -0.39 is 17.8 Å². The van der Waals surface area contributed by atoms with Crippen LogP contribution in [0.1, 0.15) is 28.9 Å². The molecule has 0 aliphatic heterocycles. The van der Waals surface area contributed by atoms with Crippen LogP contribution in [0.2, 0.25) is 0 Å². The molecular weight excluding hydrogens is 239 g/mol. The summed E-state index contributed by atoms with van der Waals surface area (Å²) in [6.07, 6.45) is -2.68. The van der Waals surface area contributed by atoms with Crippen LogP contribution in [-0.4, -0.2) is 22.2 Å². The molecule has 7 heteroatoms. The number of aromatic nitrogens is 1. The Morgan fingerprint density at radius 1 is 1.47 bits per heavy atom. The Labute approximate surface area is 94.0 Å². The number of rotatable bonds is 3. The number of hydrogen-bond acceptors (Lipinski definition) is 3. The highest BCUT2D eigenvalue weighted by atomic mass is 19.4. The maximum absolute atomic E-state index is 12.4. The van der Waals surface area contributed by atoms with Crippen LogP contribution < -0.4 is 4.74 Å². The van der Waals surface area contributed by atoms with Crippen LogP contribution in [0, 0.1) is 0 Å². The van der Waals surface area contributed by atoms with Crippen molar-refractivity contribution in [2.75, 3.05) is 0 Å². The molecule has 0 spiro atoms. The maximum atomic E-state index is 12.4. The van der Waals surface area contributed by atoms with Crippen molar-refractivity contribution in [2.45, 2.75) is 25.1 Å². The van der Waals surface area contributed by atoms with E-state index in [0.717, 1.165) is 12.8 Å². The molecular formula is C10H8F3NO3. The predicted molar refractivity (Wildman–Crippen MR) is 49.8 cm³/mol. The van der Waals surface area contributed by atoms with Gasteiger partial charge in [0, 0.05) is 12.3 Å². The largest absolute Gasteiger partial charge is 0.489 e. The van der Waals surface area contributed by atoms with Gasteiger partial charge in [0.15, 0.2) is 0 Å². The summed E-state index contributed by atoms with van der Waals surface area (Å²) in [4.78, 5) is 13.9. The van der Waals surface area contributed by atoms with Crippen LogP contribution in [0.3, 0.4) is 0 Å². The highest BCUT2D eigenvalue weighted by molar-refractivity contribution is 5.90. The number of halogens is 3. The third-order valence-corrected chi connectivity index (χ3v) is 2.20. The highest BCUT2D eigenvalue weighted by Gasteiger charge is 2.35. The molecule has 0 radical (unpaired) electrons. The van der Waals surface area contributed by atoms with Gasteiger partial charge in [0.1, 0.15) is 17.0 Å². The van der Waals surface area contributed by atoms with Crippen molar-refractivity contribution >= 4 is 5.97 Å². The molecule has 1 aliphatic carbocycles. The molecule has 0 amide bonds. The quantitative estimate of drug-likeness (QED) is 0.890. The van der Waals surface area contributed by atoms with Gasteiger partial charge in [-0.05, 0) is 12.8 Å². The number of alkyl halides is 3. The number of aromatic carboxylic acids is 1. The van der Waals surface area contributed by atoms with Crippen molar-refractivity contribution in [3.05, 3.63) is 23.5 Å². The van der Waals surface area contributed by atoms with Crippen LogP contribution in [0.4, 0.5) is 13.2 Å². The number of carboxylic acids is 1. The summed E-state index contributed by atoms with van der Waals surface area (Å²) < 4.78 is 42.3. The van der Waals surface area contributed by atoms with Gasteiger partial charge in [-0.1, -0.05) is 0 Å². The van der Waals surface area contributed by atoms with Gasteiger partial charge in [0.25, 0.3) is 0 Å². The van der Waals surface area contributed by atoms with E-state index in [0.29, 0.717) is 12.3 Å². The van der Waals surface area contributed by atoms with Crippen molar-refractivity contribution < 1.29 is 27.8 Å². The summed E-state index contributed by atoms with van der Waals surface area (Å²) in [5.74, 6) is -1.64. The van der Waals surface area contributed by atoms with Crippen molar-refractivity contribution in [2.24, 2.45) is 0 Å². The maximum Gasteiger partial charge on any atom is 0.433 e. The van der Waals surface area contributed by atoms with Crippen molar-refractivity contribution in [1.29, 1.82) is 0 Å². The Hall–Kier alpha value is -1.79. The molecule has 92 valence electrons. The molecule has 0 atom stereocenters. The first-order valence-electron chi connectivity index (χ1n) is 4.85. The normalized spacial score (nSPS) is 15.7. The third-order valence-electron chi connectivity index (χ3n) is 2.20. The average molecular weight is 247 g/mol. The molecule has 1 aliphatic rings. The molecule has 4 nitrogen and oxygen atoms in total. The molecule has 0 bridgehead atoms. The molecule has 1 aromatic rings. The fourth-order valence-electron chi connectivity index (χ4n) is 1.22. The van der Waals surface area contributed by atoms with E-state index in [4.69, 9.17) is 9.84 Å². The van der Waals surface area contributed by atoms with Crippen LogP contribution in [-0.2, 0) is 6.18 Å². The van der Waals surface area contributed by atoms with Crippen molar-refractivity contribution in [3.8, 4) is 5.75 Å². The minimum atomic E-state index is -4.61. The lowest BCUT2D eigenvalue weighted by atomic mass is 10.2. The molecule has 2 rings (SSSR count). The fraction of sp³-hybridized carbons (Fsp3) is 0.400. The van der Waals surface area contributed by atoms with E-state index in [2.05, 4.69) is 4.98 Å². The van der Waals surface area contributed by atoms with Gasteiger partial charge in [-0.15, -0.1) is 0 Å². The lowest BCUT2D eigenvalue weighted by Gasteiger charge is -2.11. The molecule has 0 saturated heterocycles. The first kappa shape index (κ1) is 11.7. The van der Waals surface area contributed by atoms with Crippen molar-refractivity contribution in [3.63, 3.8) is 0 Å². The van der Waals surface area contributed by atoms with Crippen LogP contribution in [0.15, 0.2) is 12.3 Å². The summed E-state index contributed by atoms with van der Waals surface area (Å²) in [6, 6.07) is 0.627. The molecule has 1 saturated carbocycles. The van der Waals surface area contributed by atoms with E-state index >= 15 is 0 Å². The second kappa shape index (κ2) is 3.90. The number of pyridine rings is 1. The first-order chi connectivity index (χ1) is 7.88. The Morgan fingerprint density at radius 2 is 2.12 bits per heavy atom. The van der Waals surface area contributed by atoms with Gasteiger partial charge in [-0.2, -0.15) is 13.2 Å². The molecule has 1 aromatic heterocycles. The monoisotopic (exact) mass is 247 g/mol. The van der Waals surface area contributed by atoms with Gasteiger partial charge < -0.3 is 9.84 Å². The van der Waals surface area contributed by atoms with Crippen LogP contribution in [0.5, 0.6) is 5.75 Å². The summed E-state index contributed by atoms with van der Waals surface area (Å²) in [5.41, 5.74) is -1.51. The second-order valence-electron chi connectivity index (χ2n) is 3.69. The first-order valence-corrected chi connectivity index (χ1v) is 4.85. The zero-order chi connectivity index (χ0) is 12.6. The Bertz CT molecular complexity index is 455. The highest BCUT2D eigenvalue weighted by Crippen LogP contribution is 2.34. The molecule has 1 fully saturated rings. The Balaban J connectivity index is 2.38. The number of carboxylic acid groups (broad SMARTS) is 1. The minimum Gasteiger partial charge on any atom is -0.489 e. The number of carbonyl (C=O) groups is 1. The molecule has 1 heterocycles. The molecule has 0 unspecified atom stereocenters. The number of ether oxygens (including phenoxy) is 1. The lowest BCUT2D eigenvalue weighted by molar-refractivity contribution is -0.141.